The minimum Gasteiger partial charge on any atom is -0.489 e. The van der Waals surface area contributed by atoms with E-state index in [0.717, 1.165) is 12.2 Å². The van der Waals surface area contributed by atoms with Gasteiger partial charge in [0.25, 0.3) is 0 Å². The number of hydrogen-bond acceptors (Lipinski definition) is 2. The summed E-state index contributed by atoms with van der Waals surface area (Å²) in [7, 11) is 2.03. The molecule has 0 bridgehead atoms. The maximum Gasteiger partial charge on any atom is 0.119 e. The van der Waals surface area contributed by atoms with Crippen molar-refractivity contribution in [2.75, 3.05) is 7.05 Å². The van der Waals surface area contributed by atoms with Crippen LogP contribution in [0.4, 0.5) is 0 Å². The van der Waals surface area contributed by atoms with Crippen molar-refractivity contribution in [2.45, 2.75) is 51.2 Å². The zero-order valence-corrected chi connectivity index (χ0v) is 10.9. The molecule has 1 N–H and O–H groups in total. The Bertz CT molecular complexity index is 333. The molecule has 0 aliphatic heterocycles. The zero-order chi connectivity index (χ0) is 12.1. The Hall–Kier alpha value is -1.02. The van der Waals surface area contributed by atoms with E-state index in [1.807, 2.05) is 7.05 Å². The Kier molecular flexibility index (Phi) is 4.43. The first-order chi connectivity index (χ1) is 8.33. The van der Waals surface area contributed by atoms with Gasteiger partial charge in [-0.05, 0) is 50.4 Å². The lowest BCUT2D eigenvalue weighted by molar-refractivity contribution is 0.118. The standard InChI is InChI=1S/C15H23NO/c1-3-12-8-10-13(11-9-12)17-15-7-5-4-6-14(15)16-2/h8-11,14-16H,3-7H2,1-2H3. The third-order valence-corrected chi connectivity index (χ3v) is 3.69. The fraction of sp³-hybridized carbons (Fsp3) is 0.600. The Morgan fingerprint density at radius 1 is 1.18 bits per heavy atom. The Morgan fingerprint density at radius 2 is 1.88 bits per heavy atom. The number of likely N-dealkylation sites (N-methyl/N-ethyl adjacent to an activating group) is 1. The molecule has 1 saturated carbocycles. The van der Waals surface area contributed by atoms with E-state index in [4.69, 9.17) is 4.74 Å². The van der Waals surface area contributed by atoms with E-state index >= 15 is 0 Å². The fourth-order valence-corrected chi connectivity index (χ4v) is 2.55. The van der Waals surface area contributed by atoms with E-state index in [1.54, 1.807) is 0 Å². The highest BCUT2D eigenvalue weighted by atomic mass is 16.5. The molecule has 0 heterocycles. The van der Waals surface area contributed by atoms with Gasteiger partial charge < -0.3 is 10.1 Å². The van der Waals surface area contributed by atoms with Crippen molar-refractivity contribution in [1.82, 2.24) is 5.32 Å². The van der Waals surface area contributed by atoms with Crippen molar-refractivity contribution in [1.29, 1.82) is 0 Å². The molecule has 0 amide bonds. The van der Waals surface area contributed by atoms with E-state index < -0.39 is 0 Å². The van der Waals surface area contributed by atoms with E-state index in [9.17, 15) is 0 Å². The molecule has 1 aliphatic carbocycles. The van der Waals surface area contributed by atoms with Gasteiger partial charge in [-0.2, -0.15) is 0 Å². The number of rotatable bonds is 4. The molecular formula is C15H23NO. The van der Waals surface area contributed by atoms with Crippen molar-refractivity contribution >= 4 is 0 Å². The smallest absolute Gasteiger partial charge is 0.119 e. The number of benzene rings is 1. The van der Waals surface area contributed by atoms with Gasteiger partial charge in [0.15, 0.2) is 0 Å². The summed E-state index contributed by atoms with van der Waals surface area (Å²) in [4.78, 5) is 0. The molecular weight excluding hydrogens is 210 g/mol. The molecule has 2 atom stereocenters. The summed E-state index contributed by atoms with van der Waals surface area (Å²) in [5.41, 5.74) is 1.37. The lowest BCUT2D eigenvalue weighted by Crippen LogP contribution is -2.43. The second-order valence-electron chi connectivity index (χ2n) is 4.83. The molecule has 1 aromatic rings. The average Bonchev–Trinajstić information content (AvgIpc) is 2.40. The van der Waals surface area contributed by atoms with E-state index in [-0.39, 0.29) is 0 Å². The van der Waals surface area contributed by atoms with Gasteiger partial charge >= 0.3 is 0 Å². The van der Waals surface area contributed by atoms with Gasteiger partial charge in [0.2, 0.25) is 0 Å². The maximum absolute atomic E-state index is 6.10. The maximum atomic E-state index is 6.10. The molecule has 2 unspecified atom stereocenters. The minimum absolute atomic E-state index is 0.334. The van der Waals surface area contributed by atoms with Crippen LogP contribution in [0.3, 0.4) is 0 Å². The molecule has 17 heavy (non-hydrogen) atoms. The van der Waals surface area contributed by atoms with Crippen LogP contribution in [0.5, 0.6) is 5.75 Å². The van der Waals surface area contributed by atoms with Crippen LogP contribution in [0.2, 0.25) is 0 Å². The van der Waals surface area contributed by atoms with E-state index in [1.165, 1.54) is 31.2 Å². The monoisotopic (exact) mass is 233 g/mol. The zero-order valence-electron chi connectivity index (χ0n) is 10.9. The molecule has 1 aromatic carbocycles. The Labute approximate surface area is 104 Å². The number of ether oxygens (including phenoxy) is 1. The first kappa shape index (κ1) is 12.4. The van der Waals surface area contributed by atoms with Crippen molar-refractivity contribution in [3.63, 3.8) is 0 Å². The van der Waals surface area contributed by atoms with Crippen molar-refractivity contribution in [3.8, 4) is 5.75 Å². The first-order valence-electron chi connectivity index (χ1n) is 6.76. The number of hydrogen-bond donors (Lipinski definition) is 1. The summed E-state index contributed by atoms with van der Waals surface area (Å²) >= 11 is 0. The van der Waals surface area contributed by atoms with Crippen LogP contribution in [-0.4, -0.2) is 19.2 Å². The molecule has 0 radical (unpaired) electrons. The third kappa shape index (κ3) is 3.22. The van der Waals surface area contributed by atoms with E-state index in [0.29, 0.717) is 12.1 Å². The van der Waals surface area contributed by atoms with Crippen molar-refractivity contribution in [3.05, 3.63) is 29.8 Å². The molecule has 0 saturated heterocycles. The summed E-state index contributed by atoms with van der Waals surface area (Å²) in [6.07, 6.45) is 6.43. The van der Waals surface area contributed by atoms with Crippen molar-refractivity contribution in [2.24, 2.45) is 0 Å². The predicted molar refractivity (Wildman–Crippen MR) is 71.6 cm³/mol. The average molecular weight is 233 g/mol. The van der Waals surface area contributed by atoms with Crippen LogP contribution in [0.25, 0.3) is 0 Å². The first-order valence-corrected chi connectivity index (χ1v) is 6.76. The molecule has 2 nitrogen and oxygen atoms in total. The summed E-state index contributed by atoms with van der Waals surface area (Å²) < 4.78 is 6.10. The van der Waals surface area contributed by atoms with Crippen molar-refractivity contribution < 1.29 is 4.74 Å². The summed E-state index contributed by atoms with van der Waals surface area (Å²) in [6.45, 7) is 2.17. The fourth-order valence-electron chi connectivity index (χ4n) is 2.55. The highest BCUT2D eigenvalue weighted by Gasteiger charge is 2.25. The summed E-state index contributed by atoms with van der Waals surface area (Å²) in [5.74, 6) is 1.01. The summed E-state index contributed by atoms with van der Waals surface area (Å²) in [5, 5.41) is 3.37. The highest BCUT2D eigenvalue weighted by molar-refractivity contribution is 5.27. The van der Waals surface area contributed by atoms with Crippen LogP contribution in [0, 0.1) is 0 Å². The van der Waals surface area contributed by atoms with Gasteiger partial charge in [-0.25, -0.2) is 0 Å². The normalized spacial score (nSPS) is 24.6. The van der Waals surface area contributed by atoms with Gasteiger partial charge in [0, 0.05) is 6.04 Å². The molecule has 2 heteroatoms. The van der Waals surface area contributed by atoms with Gasteiger partial charge in [-0.3, -0.25) is 0 Å². The minimum atomic E-state index is 0.334. The second-order valence-corrected chi connectivity index (χ2v) is 4.83. The molecule has 94 valence electrons. The molecule has 0 aromatic heterocycles. The molecule has 0 spiro atoms. The lowest BCUT2D eigenvalue weighted by Gasteiger charge is -2.31. The van der Waals surface area contributed by atoms with Gasteiger partial charge in [-0.1, -0.05) is 25.5 Å². The molecule has 2 rings (SSSR count). The number of nitrogens with one attached hydrogen (secondary N) is 1. The van der Waals surface area contributed by atoms with Gasteiger partial charge in [0.05, 0.1) is 0 Å². The Balaban J connectivity index is 1.98. The van der Waals surface area contributed by atoms with Crippen LogP contribution < -0.4 is 10.1 Å². The van der Waals surface area contributed by atoms with Crippen LogP contribution in [-0.2, 0) is 6.42 Å². The molecule has 1 fully saturated rings. The lowest BCUT2D eigenvalue weighted by atomic mass is 9.92. The quantitative estimate of drug-likeness (QED) is 0.862. The van der Waals surface area contributed by atoms with Crippen LogP contribution in [0.15, 0.2) is 24.3 Å². The third-order valence-electron chi connectivity index (χ3n) is 3.69. The van der Waals surface area contributed by atoms with Gasteiger partial charge in [-0.15, -0.1) is 0 Å². The summed E-state index contributed by atoms with van der Waals surface area (Å²) in [6, 6.07) is 9.02. The van der Waals surface area contributed by atoms with Crippen LogP contribution >= 0.6 is 0 Å². The van der Waals surface area contributed by atoms with Gasteiger partial charge in [0.1, 0.15) is 11.9 Å². The highest BCUT2D eigenvalue weighted by Crippen LogP contribution is 2.24. The molecule has 1 aliphatic rings. The SMILES string of the molecule is CCc1ccc(OC2CCCCC2NC)cc1. The largest absolute Gasteiger partial charge is 0.489 e. The van der Waals surface area contributed by atoms with E-state index in [2.05, 4.69) is 36.5 Å². The Morgan fingerprint density at radius 3 is 2.53 bits per heavy atom. The second kappa shape index (κ2) is 6.06. The number of aryl methyl sites for hydroxylation is 1. The topological polar surface area (TPSA) is 21.3 Å². The predicted octanol–water partition coefficient (Wildman–Crippen LogP) is 3.16. The van der Waals surface area contributed by atoms with Crippen LogP contribution in [0.1, 0.15) is 38.2 Å².